The summed E-state index contributed by atoms with van der Waals surface area (Å²) in [6.07, 6.45) is 2.00. The Labute approximate surface area is 153 Å². The average molecular weight is 383 g/mol. The molecule has 2 N–H and O–H groups in total. The number of anilines is 1. The summed E-state index contributed by atoms with van der Waals surface area (Å²) in [4.78, 5) is 0.308. The molecule has 0 radical (unpaired) electrons. The lowest BCUT2D eigenvalue weighted by Gasteiger charge is -2.20. The second kappa shape index (κ2) is 7.96. The first kappa shape index (κ1) is 18.7. The van der Waals surface area contributed by atoms with Gasteiger partial charge in [0.05, 0.1) is 10.9 Å². The zero-order valence-electron chi connectivity index (χ0n) is 13.4. The molecule has 7 heteroatoms. The Balaban J connectivity index is 2.05. The number of rotatable bonds is 5. The monoisotopic (exact) mass is 382 g/mol. The normalized spacial score (nSPS) is 12.5. The Kier molecular flexibility index (Phi) is 6.21. The number of hydrogen-bond donors (Lipinski definition) is 2. The molecule has 128 valence electrons. The van der Waals surface area contributed by atoms with Crippen LogP contribution in [0.15, 0.2) is 53.4 Å². The van der Waals surface area contributed by atoms with E-state index in [1.165, 1.54) is 6.26 Å². The van der Waals surface area contributed by atoms with Gasteiger partial charge in [0.25, 0.3) is 0 Å². The summed E-state index contributed by atoms with van der Waals surface area (Å²) >= 11 is 11.2. The van der Waals surface area contributed by atoms with Crippen molar-refractivity contribution in [2.45, 2.75) is 24.3 Å². The van der Waals surface area contributed by atoms with Gasteiger partial charge in [-0.25, -0.2) is 8.42 Å². The lowest BCUT2D eigenvalue weighted by molar-refractivity contribution is 0.601. The predicted octanol–water partition coefficient (Wildman–Crippen LogP) is 4.18. The van der Waals surface area contributed by atoms with E-state index in [1.807, 2.05) is 31.2 Å². The molecule has 0 fully saturated rings. The number of benzene rings is 2. The molecule has 0 saturated heterocycles. The molecule has 0 unspecified atom stereocenters. The van der Waals surface area contributed by atoms with Gasteiger partial charge in [-0.05, 0) is 60.6 Å². The minimum absolute atomic E-state index is 0.00842. The Bertz CT molecular complexity index is 803. The van der Waals surface area contributed by atoms with Crippen LogP contribution in [0.4, 0.5) is 5.69 Å². The van der Waals surface area contributed by atoms with Gasteiger partial charge in [-0.1, -0.05) is 30.7 Å². The van der Waals surface area contributed by atoms with E-state index in [2.05, 4.69) is 10.6 Å². The van der Waals surface area contributed by atoms with E-state index >= 15 is 0 Å². The van der Waals surface area contributed by atoms with E-state index in [0.29, 0.717) is 15.0 Å². The van der Waals surface area contributed by atoms with E-state index < -0.39 is 9.84 Å². The van der Waals surface area contributed by atoms with Crippen LogP contribution in [0.2, 0.25) is 5.02 Å². The van der Waals surface area contributed by atoms with Gasteiger partial charge in [0.15, 0.2) is 14.9 Å². The van der Waals surface area contributed by atoms with Crippen molar-refractivity contribution in [1.82, 2.24) is 5.32 Å². The van der Waals surface area contributed by atoms with Gasteiger partial charge in [0, 0.05) is 17.0 Å². The van der Waals surface area contributed by atoms with Crippen LogP contribution < -0.4 is 10.6 Å². The van der Waals surface area contributed by atoms with Crippen LogP contribution >= 0.6 is 23.8 Å². The van der Waals surface area contributed by atoms with E-state index in [9.17, 15) is 8.42 Å². The first-order valence-electron chi connectivity index (χ1n) is 7.42. The van der Waals surface area contributed by atoms with Crippen molar-refractivity contribution in [3.63, 3.8) is 0 Å². The third kappa shape index (κ3) is 5.19. The summed E-state index contributed by atoms with van der Waals surface area (Å²) in [5.41, 5.74) is 1.82. The van der Waals surface area contributed by atoms with Crippen LogP contribution in [0.3, 0.4) is 0 Å². The van der Waals surface area contributed by atoms with Crippen LogP contribution in [0.1, 0.15) is 24.9 Å². The highest BCUT2D eigenvalue weighted by molar-refractivity contribution is 7.90. The number of thiocarbonyl (C=S) groups is 1. The number of halogens is 1. The van der Waals surface area contributed by atoms with Crippen LogP contribution in [0.5, 0.6) is 0 Å². The second-order valence-electron chi connectivity index (χ2n) is 5.41. The molecular formula is C17H19ClN2O2S2. The van der Waals surface area contributed by atoms with Crippen LogP contribution in [-0.2, 0) is 9.84 Å². The molecule has 0 heterocycles. The fraction of sp³-hybridized carbons (Fsp3) is 0.235. The van der Waals surface area contributed by atoms with Gasteiger partial charge in [-0.15, -0.1) is 0 Å². The van der Waals surface area contributed by atoms with Crippen molar-refractivity contribution in [3.8, 4) is 0 Å². The SMILES string of the molecule is CC[C@H](NC(=S)Nc1ccc(Cl)cc1)c1ccc(S(C)(=O)=O)cc1. The van der Waals surface area contributed by atoms with E-state index in [4.69, 9.17) is 23.8 Å². The molecule has 2 rings (SSSR count). The molecule has 4 nitrogen and oxygen atoms in total. The topological polar surface area (TPSA) is 58.2 Å². The summed E-state index contributed by atoms with van der Waals surface area (Å²) in [5, 5.41) is 7.51. The molecule has 0 aliphatic rings. The van der Waals surface area contributed by atoms with Crippen molar-refractivity contribution in [1.29, 1.82) is 0 Å². The quantitative estimate of drug-likeness (QED) is 0.759. The van der Waals surface area contributed by atoms with Gasteiger partial charge in [-0.2, -0.15) is 0 Å². The van der Waals surface area contributed by atoms with Gasteiger partial charge in [-0.3, -0.25) is 0 Å². The zero-order valence-corrected chi connectivity index (χ0v) is 15.8. The van der Waals surface area contributed by atoms with Gasteiger partial charge in [0.2, 0.25) is 0 Å². The van der Waals surface area contributed by atoms with Crippen LogP contribution in [-0.4, -0.2) is 19.8 Å². The summed E-state index contributed by atoms with van der Waals surface area (Å²) in [7, 11) is -3.19. The highest BCUT2D eigenvalue weighted by Gasteiger charge is 2.13. The van der Waals surface area contributed by atoms with Gasteiger partial charge < -0.3 is 10.6 Å². The lowest BCUT2D eigenvalue weighted by atomic mass is 10.1. The average Bonchev–Trinajstić information content (AvgIpc) is 2.54. The fourth-order valence-electron chi connectivity index (χ4n) is 2.23. The summed E-state index contributed by atoms with van der Waals surface area (Å²) in [6, 6.07) is 14.1. The molecule has 0 spiro atoms. The third-order valence-corrected chi connectivity index (χ3v) is 5.13. The summed E-state index contributed by atoms with van der Waals surface area (Å²) < 4.78 is 23.1. The van der Waals surface area contributed by atoms with E-state index in [1.54, 1.807) is 24.3 Å². The molecule has 1 atom stereocenters. The molecule has 0 saturated carbocycles. The minimum Gasteiger partial charge on any atom is -0.356 e. The van der Waals surface area contributed by atoms with Crippen molar-refractivity contribution >= 4 is 44.5 Å². The Hall–Kier alpha value is -1.63. The highest BCUT2D eigenvalue weighted by Crippen LogP contribution is 2.20. The molecule has 2 aromatic rings. The summed E-state index contributed by atoms with van der Waals surface area (Å²) in [5.74, 6) is 0. The highest BCUT2D eigenvalue weighted by atomic mass is 35.5. The molecule has 0 aliphatic carbocycles. The van der Waals surface area contributed by atoms with E-state index in [-0.39, 0.29) is 6.04 Å². The maximum Gasteiger partial charge on any atom is 0.175 e. The molecule has 0 aliphatic heterocycles. The zero-order chi connectivity index (χ0) is 17.7. The molecule has 0 bridgehead atoms. The van der Waals surface area contributed by atoms with E-state index in [0.717, 1.165) is 17.7 Å². The fourth-order valence-corrected chi connectivity index (χ4v) is 3.24. The standard InChI is InChI=1S/C17H19ClN2O2S2/c1-3-16(12-4-10-15(11-5-12)24(2,21)22)20-17(23)19-14-8-6-13(18)7-9-14/h4-11,16H,3H2,1-2H3,(H2,19,20,23)/t16-/m0/s1. The Morgan fingerprint density at radius 1 is 1.12 bits per heavy atom. The number of hydrogen-bond acceptors (Lipinski definition) is 3. The van der Waals surface area contributed by atoms with Crippen molar-refractivity contribution in [2.24, 2.45) is 0 Å². The van der Waals surface area contributed by atoms with Crippen LogP contribution in [0.25, 0.3) is 0 Å². The Morgan fingerprint density at radius 3 is 2.21 bits per heavy atom. The molecule has 24 heavy (non-hydrogen) atoms. The lowest BCUT2D eigenvalue weighted by Crippen LogP contribution is -2.32. The Morgan fingerprint density at radius 2 is 1.71 bits per heavy atom. The van der Waals surface area contributed by atoms with Gasteiger partial charge >= 0.3 is 0 Å². The molecular weight excluding hydrogens is 364 g/mol. The first-order chi connectivity index (χ1) is 11.3. The largest absolute Gasteiger partial charge is 0.356 e. The van der Waals surface area contributed by atoms with Crippen molar-refractivity contribution < 1.29 is 8.42 Å². The maximum absolute atomic E-state index is 11.5. The number of sulfone groups is 1. The van der Waals surface area contributed by atoms with Crippen LogP contribution in [0, 0.1) is 0 Å². The molecule has 2 aromatic carbocycles. The van der Waals surface area contributed by atoms with Gasteiger partial charge in [0.1, 0.15) is 0 Å². The third-order valence-electron chi connectivity index (χ3n) is 3.53. The smallest absolute Gasteiger partial charge is 0.175 e. The first-order valence-corrected chi connectivity index (χ1v) is 10.1. The number of nitrogens with one attached hydrogen (secondary N) is 2. The molecule has 0 amide bonds. The maximum atomic E-state index is 11.5. The predicted molar refractivity (Wildman–Crippen MR) is 103 cm³/mol. The van der Waals surface area contributed by atoms with Crippen molar-refractivity contribution in [3.05, 3.63) is 59.1 Å². The molecule has 0 aromatic heterocycles. The summed E-state index contributed by atoms with van der Waals surface area (Å²) in [6.45, 7) is 2.03. The van der Waals surface area contributed by atoms with Crippen molar-refractivity contribution in [2.75, 3.05) is 11.6 Å². The minimum atomic E-state index is -3.19. The second-order valence-corrected chi connectivity index (χ2v) is 8.27.